The fourth-order valence-electron chi connectivity index (χ4n) is 2.12. The van der Waals surface area contributed by atoms with Crippen molar-refractivity contribution in [2.75, 3.05) is 18.2 Å². The normalized spacial score (nSPS) is 10.4. The van der Waals surface area contributed by atoms with E-state index in [4.69, 9.17) is 10.5 Å². The number of carboxylic acids is 1. The number of ether oxygens (including phenoxy) is 1. The topological polar surface area (TPSA) is 84.6 Å². The SMILES string of the molecule is COCc1cccc(Nc2cc(C)c(N)c(C(=O)O)c2)c1. The molecule has 0 spiro atoms. The van der Waals surface area contributed by atoms with Gasteiger partial charge in [-0.15, -0.1) is 0 Å². The van der Waals surface area contributed by atoms with Gasteiger partial charge in [0.2, 0.25) is 0 Å². The average molecular weight is 286 g/mol. The first-order valence-electron chi connectivity index (χ1n) is 6.49. The van der Waals surface area contributed by atoms with Gasteiger partial charge in [-0.25, -0.2) is 4.79 Å². The van der Waals surface area contributed by atoms with Crippen LogP contribution in [0.25, 0.3) is 0 Å². The second-order valence-electron chi connectivity index (χ2n) is 4.82. The van der Waals surface area contributed by atoms with E-state index in [1.54, 1.807) is 14.0 Å². The van der Waals surface area contributed by atoms with Crippen LogP contribution in [0, 0.1) is 6.92 Å². The highest BCUT2D eigenvalue weighted by molar-refractivity contribution is 5.96. The lowest BCUT2D eigenvalue weighted by Gasteiger charge is -2.12. The Labute approximate surface area is 123 Å². The van der Waals surface area contributed by atoms with E-state index < -0.39 is 5.97 Å². The number of hydrogen-bond acceptors (Lipinski definition) is 4. The zero-order valence-corrected chi connectivity index (χ0v) is 12.0. The van der Waals surface area contributed by atoms with Crippen molar-refractivity contribution in [3.8, 4) is 0 Å². The number of nitrogens with one attached hydrogen (secondary N) is 1. The van der Waals surface area contributed by atoms with Crippen molar-refractivity contribution in [1.82, 2.24) is 0 Å². The highest BCUT2D eigenvalue weighted by Gasteiger charge is 2.11. The Balaban J connectivity index is 2.31. The van der Waals surface area contributed by atoms with Gasteiger partial charge in [-0.2, -0.15) is 0 Å². The molecule has 0 aromatic heterocycles. The van der Waals surface area contributed by atoms with Crippen LogP contribution < -0.4 is 11.1 Å². The molecule has 0 aliphatic carbocycles. The summed E-state index contributed by atoms with van der Waals surface area (Å²) in [7, 11) is 1.64. The number of rotatable bonds is 5. The van der Waals surface area contributed by atoms with Crippen LogP contribution in [-0.4, -0.2) is 18.2 Å². The molecule has 0 fully saturated rings. The molecule has 0 saturated heterocycles. The van der Waals surface area contributed by atoms with E-state index in [0.717, 1.165) is 16.8 Å². The summed E-state index contributed by atoms with van der Waals surface area (Å²) in [5, 5.41) is 12.4. The maximum atomic E-state index is 11.2. The van der Waals surface area contributed by atoms with Crippen molar-refractivity contribution in [2.24, 2.45) is 0 Å². The van der Waals surface area contributed by atoms with Gasteiger partial charge in [0.05, 0.1) is 12.2 Å². The molecule has 0 heterocycles. The van der Waals surface area contributed by atoms with Gasteiger partial charge < -0.3 is 20.9 Å². The minimum absolute atomic E-state index is 0.102. The molecule has 0 amide bonds. The molecule has 0 radical (unpaired) electrons. The second-order valence-corrected chi connectivity index (χ2v) is 4.82. The number of aryl methyl sites for hydroxylation is 1. The number of methoxy groups -OCH3 is 1. The van der Waals surface area contributed by atoms with Crippen molar-refractivity contribution < 1.29 is 14.6 Å². The Morgan fingerprint density at radius 3 is 2.71 bits per heavy atom. The van der Waals surface area contributed by atoms with Crippen LogP contribution in [0.1, 0.15) is 21.5 Å². The van der Waals surface area contributed by atoms with Gasteiger partial charge in [0.25, 0.3) is 0 Å². The summed E-state index contributed by atoms with van der Waals surface area (Å²) < 4.78 is 5.10. The van der Waals surface area contributed by atoms with Crippen molar-refractivity contribution >= 4 is 23.0 Å². The van der Waals surface area contributed by atoms with E-state index in [-0.39, 0.29) is 5.56 Å². The zero-order valence-electron chi connectivity index (χ0n) is 12.0. The first kappa shape index (κ1) is 14.9. The van der Waals surface area contributed by atoms with Crippen molar-refractivity contribution in [3.05, 3.63) is 53.1 Å². The Hall–Kier alpha value is -2.53. The third-order valence-corrected chi connectivity index (χ3v) is 3.14. The van der Waals surface area contributed by atoms with Gasteiger partial charge in [0.1, 0.15) is 0 Å². The number of benzene rings is 2. The highest BCUT2D eigenvalue weighted by Crippen LogP contribution is 2.25. The van der Waals surface area contributed by atoms with Crippen LogP contribution in [0.2, 0.25) is 0 Å². The molecule has 2 aromatic rings. The van der Waals surface area contributed by atoms with E-state index in [2.05, 4.69) is 5.32 Å². The predicted molar refractivity (Wildman–Crippen MR) is 83.0 cm³/mol. The van der Waals surface area contributed by atoms with Crippen molar-refractivity contribution in [1.29, 1.82) is 0 Å². The third-order valence-electron chi connectivity index (χ3n) is 3.14. The average Bonchev–Trinajstić information content (AvgIpc) is 2.43. The minimum Gasteiger partial charge on any atom is -0.478 e. The van der Waals surface area contributed by atoms with Crippen LogP contribution in [0.15, 0.2) is 36.4 Å². The molecule has 0 aliphatic heterocycles. The largest absolute Gasteiger partial charge is 0.478 e. The van der Waals surface area contributed by atoms with Gasteiger partial charge in [-0.1, -0.05) is 12.1 Å². The fraction of sp³-hybridized carbons (Fsp3) is 0.188. The standard InChI is InChI=1S/C16H18N2O3/c1-10-6-13(8-14(15(10)17)16(19)20)18-12-5-3-4-11(7-12)9-21-2/h3-8,18H,9,17H2,1-2H3,(H,19,20). The molecule has 110 valence electrons. The number of hydrogen-bond donors (Lipinski definition) is 3. The lowest BCUT2D eigenvalue weighted by molar-refractivity contribution is 0.0698. The number of nitrogens with two attached hydrogens (primary N) is 1. The van der Waals surface area contributed by atoms with Crippen LogP contribution in [0.5, 0.6) is 0 Å². The summed E-state index contributed by atoms with van der Waals surface area (Å²) in [4.78, 5) is 11.2. The van der Waals surface area contributed by atoms with Crippen LogP contribution >= 0.6 is 0 Å². The molecule has 0 aliphatic rings. The van der Waals surface area contributed by atoms with E-state index in [1.165, 1.54) is 6.07 Å². The van der Waals surface area contributed by atoms with Crippen LogP contribution in [-0.2, 0) is 11.3 Å². The summed E-state index contributed by atoms with van der Waals surface area (Å²) in [6.45, 7) is 2.31. The first-order chi connectivity index (χ1) is 10.0. The molecule has 0 unspecified atom stereocenters. The third kappa shape index (κ3) is 3.52. The van der Waals surface area contributed by atoms with Gasteiger partial charge >= 0.3 is 5.97 Å². The van der Waals surface area contributed by atoms with Gasteiger partial charge in [-0.05, 0) is 42.3 Å². The number of nitrogen functional groups attached to an aromatic ring is 1. The van der Waals surface area contributed by atoms with Gasteiger partial charge in [-0.3, -0.25) is 0 Å². The van der Waals surface area contributed by atoms with E-state index >= 15 is 0 Å². The van der Waals surface area contributed by atoms with Crippen LogP contribution in [0.3, 0.4) is 0 Å². The summed E-state index contributed by atoms with van der Waals surface area (Å²) in [5.74, 6) is -1.03. The quantitative estimate of drug-likeness (QED) is 0.735. The summed E-state index contributed by atoms with van der Waals surface area (Å²) >= 11 is 0. The molecule has 5 nitrogen and oxygen atoms in total. The highest BCUT2D eigenvalue weighted by atomic mass is 16.5. The van der Waals surface area contributed by atoms with E-state index in [0.29, 0.717) is 18.0 Å². The zero-order chi connectivity index (χ0) is 15.4. The Kier molecular flexibility index (Phi) is 4.45. The summed E-state index contributed by atoms with van der Waals surface area (Å²) in [5.41, 5.74) is 9.50. The van der Waals surface area contributed by atoms with E-state index in [1.807, 2.05) is 30.3 Å². The van der Waals surface area contributed by atoms with Crippen molar-refractivity contribution in [2.45, 2.75) is 13.5 Å². The predicted octanol–water partition coefficient (Wildman–Crippen LogP) is 3.17. The molecular formula is C16H18N2O3. The Morgan fingerprint density at radius 1 is 1.29 bits per heavy atom. The minimum atomic E-state index is -1.03. The molecule has 0 bridgehead atoms. The lowest BCUT2D eigenvalue weighted by atomic mass is 10.1. The monoisotopic (exact) mass is 286 g/mol. The molecule has 4 N–H and O–H groups in total. The molecular weight excluding hydrogens is 268 g/mol. The molecule has 2 aromatic carbocycles. The maximum absolute atomic E-state index is 11.2. The summed E-state index contributed by atoms with van der Waals surface area (Å²) in [6.07, 6.45) is 0. The number of anilines is 3. The number of aromatic carboxylic acids is 1. The smallest absolute Gasteiger partial charge is 0.337 e. The number of carboxylic acid groups (broad SMARTS) is 1. The Morgan fingerprint density at radius 2 is 2.05 bits per heavy atom. The molecule has 2 rings (SSSR count). The first-order valence-corrected chi connectivity index (χ1v) is 6.49. The molecule has 5 heteroatoms. The summed E-state index contributed by atoms with van der Waals surface area (Å²) in [6, 6.07) is 11.1. The van der Waals surface area contributed by atoms with Gasteiger partial charge in [0, 0.05) is 24.2 Å². The van der Waals surface area contributed by atoms with Gasteiger partial charge in [0.15, 0.2) is 0 Å². The second kappa shape index (κ2) is 6.28. The molecule has 21 heavy (non-hydrogen) atoms. The molecule has 0 atom stereocenters. The van der Waals surface area contributed by atoms with Crippen LogP contribution in [0.4, 0.5) is 17.1 Å². The van der Waals surface area contributed by atoms with Crippen molar-refractivity contribution in [3.63, 3.8) is 0 Å². The number of carbonyl (C=O) groups is 1. The maximum Gasteiger partial charge on any atom is 0.337 e. The lowest BCUT2D eigenvalue weighted by Crippen LogP contribution is -2.05. The van der Waals surface area contributed by atoms with E-state index in [9.17, 15) is 9.90 Å². The fourth-order valence-corrected chi connectivity index (χ4v) is 2.12. The Bertz CT molecular complexity index is 669. The molecule has 0 saturated carbocycles.